The molecule has 1 fully saturated rings. The van der Waals surface area contributed by atoms with Crippen LogP contribution in [0.1, 0.15) is 63.3 Å². The van der Waals surface area contributed by atoms with E-state index in [4.69, 9.17) is 9.97 Å². The third kappa shape index (κ3) is 6.17. The van der Waals surface area contributed by atoms with Gasteiger partial charge in [0.1, 0.15) is 10.8 Å². The van der Waals surface area contributed by atoms with Crippen LogP contribution in [0.4, 0.5) is 5.82 Å². The summed E-state index contributed by atoms with van der Waals surface area (Å²) in [5, 5.41) is 0.931. The van der Waals surface area contributed by atoms with Crippen molar-refractivity contribution in [2.24, 2.45) is 5.92 Å². The fourth-order valence-electron chi connectivity index (χ4n) is 5.60. The number of rotatable bonds is 12. The third-order valence-corrected chi connectivity index (χ3v) is 12.3. The van der Waals surface area contributed by atoms with Gasteiger partial charge in [-0.3, -0.25) is 4.72 Å². The van der Waals surface area contributed by atoms with Gasteiger partial charge in [0.25, 0.3) is 0 Å². The zero-order valence-corrected chi connectivity index (χ0v) is 27.6. The molecule has 1 unspecified atom stereocenters. The molecule has 0 radical (unpaired) electrons. The quantitative estimate of drug-likeness (QED) is 0.209. The Kier molecular flexibility index (Phi) is 8.76. The summed E-state index contributed by atoms with van der Waals surface area (Å²) in [4.78, 5) is 16.8. The second-order valence-electron chi connectivity index (χ2n) is 11.2. The van der Waals surface area contributed by atoms with Crippen LogP contribution in [0.3, 0.4) is 0 Å². The Morgan fingerprint density at radius 2 is 2.00 bits per heavy atom. The molecule has 8 heteroatoms. The van der Waals surface area contributed by atoms with Crippen molar-refractivity contribution >= 4 is 55.7 Å². The van der Waals surface area contributed by atoms with Crippen LogP contribution >= 0.6 is 32.5 Å². The van der Waals surface area contributed by atoms with E-state index in [1.807, 2.05) is 13.1 Å². The van der Waals surface area contributed by atoms with E-state index in [9.17, 15) is 0 Å². The highest BCUT2D eigenvalue weighted by Crippen LogP contribution is 2.49. The van der Waals surface area contributed by atoms with Gasteiger partial charge >= 0.3 is 0 Å². The van der Waals surface area contributed by atoms with Crippen LogP contribution in [0.25, 0.3) is 16.1 Å². The molecular formula is C33H43N5S3. The van der Waals surface area contributed by atoms with E-state index in [1.54, 1.807) is 23.1 Å². The number of allylic oxidation sites excluding steroid dienone is 1. The Balaban J connectivity index is 1.48. The molecule has 1 atom stereocenters. The molecule has 218 valence electrons. The maximum atomic E-state index is 4.97. The lowest BCUT2D eigenvalue weighted by Gasteiger charge is -2.28. The van der Waals surface area contributed by atoms with Gasteiger partial charge in [0.15, 0.2) is 4.34 Å². The first-order valence-electron chi connectivity index (χ1n) is 14.4. The van der Waals surface area contributed by atoms with Gasteiger partial charge in [-0.05, 0) is 86.2 Å². The number of nitrogens with zero attached hydrogens (tertiary/aromatic N) is 4. The molecule has 41 heavy (non-hydrogen) atoms. The highest BCUT2D eigenvalue weighted by molar-refractivity contribution is 8.26. The van der Waals surface area contributed by atoms with Crippen LogP contribution in [-0.4, -0.2) is 46.2 Å². The maximum absolute atomic E-state index is 4.97. The molecule has 0 bridgehead atoms. The number of aryl methyl sites for hydroxylation is 1. The summed E-state index contributed by atoms with van der Waals surface area (Å²) in [5.41, 5.74) is 6.98. The molecule has 3 aromatic rings. The van der Waals surface area contributed by atoms with E-state index in [2.05, 4.69) is 91.4 Å². The van der Waals surface area contributed by atoms with Gasteiger partial charge in [-0.1, -0.05) is 51.2 Å². The normalized spacial score (nSPS) is 15.7. The molecular weight excluding hydrogens is 563 g/mol. The van der Waals surface area contributed by atoms with Gasteiger partial charge < -0.3 is 9.80 Å². The zero-order chi connectivity index (χ0) is 29.5. The Morgan fingerprint density at radius 3 is 2.68 bits per heavy atom. The second-order valence-corrected chi connectivity index (χ2v) is 16.0. The van der Waals surface area contributed by atoms with Crippen molar-refractivity contribution in [2.45, 2.75) is 80.2 Å². The lowest BCUT2D eigenvalue weighted by Crippen LogP contribution is -2.28. The van der Waals surface area contributed by atoms with Gasteiger partial charge in [-0.2, -0.15) is 0 Å². The van der Waals surface area contributed by atoms with Crippen molar-refractivity contribution in [3.05, 3.63) is 66.0 Å². The fraction of sp³-hybridized carbons (Fsp3) is 0.394. The largest absolute Gasteiger partial charge is 0.364 e. The fourth-order valence-corrected chi connectivity index (χ4v) is 9.41. The van der Waals surface area contributed by atoms with Crippen LogP contribution in [-0.2, 0) is 6.54 Å². The molecule has 0 spiro atoms. The summed E-state index contributed by atoms with van der Waals surface area (Å²) >= 11 is 3.35. The number of nitrogens with one attached hydrogen (secondary N) is 1. The number of aromatic nitrogens is 2. The van der Waals surface area contributed by atoms with Crippen molar-refractivity contribution in [3.8, 4) is 10.4 Å². The van der Waals surface area contributed by atoms with Gasteiger partial charge in [0.05, 0.1) is 10.6 Å². The minimum absolute atomic E-state index is 0.499. The molecule has 3 heterocycles. The molecule has 1 aliphatic carbocycles. The van der Waals surface area contributed by atoms with E-state index in [0.717, 1.165) is 64.1 Å². The molecule has 5 nitrogen and oxygen atoms in total. The predicted octanol–water partition coefficient (Wildman–Crippen LogP) is 8.55. The molecule has 1 aromatic carbocycles. The standard InChI is InChI=1S/C33H43N5S3/c1-10-13-21(3)37(7)29-14-12-15-30(36-29)39-33-35-22(4)32(40-33)26-18-27-20-38(23(5)25-16-17-25)24(6)31(27)28(19-26)41(8,9)34-11-2/h12,14-15,18-19,23,25,34H,3,6,8-11,13,16-17,20H2,1-2,4-5,7H3. The zero-order valence-electron chi connectivity index (χ0n) is 25.1. The van der Waals surface area contributed by atoms with Crippen LogP contribution in [0.2, 0.25) is 0 Å². The Morgan fingerprint density at radius 1 is 1.24 bits per heavy atom. The van der Waals surface area contributed by atoms with Crippen molar-refractivity contribution < 1.29 is 0 Å². The molecule has 5 rings (SSSR count). The van der Waals surface area contributed by atoms with E-state index in [1.165, 1.54) is 39.3 Å². The minimum Gasteiger partial charge on any atom is -0.364 e. The molecule has 1 aliphatic heterocycles. The highest BCUT2D eigenvalue weighted by atomic mass is 32.2. The van der Waals surface area contributed by atoms with Gasteiger partial charge in [-0.15, -0.1) is 20.7 Å². The summed E-state index contributed by atoms with van der Waals surface area (Å²) in [5.74, 6) is 10.9. The summed E-state index contributed by atoms with van der Waals surface area (Å²) in [7, 11) is 0.323. The van der Waals surface area contributed by atoms with Gasteiger partial charge in [0.2, 0.25) is 0 Å². The number of anilines is 1. The number of pyridine rings is 1. The first-order valence-corrected chi connectivity index (χ1v) is 18.1. The summed E-state index contributed by atoms with van der Waals surface area (Å²) < 4.78 is 4.58. The summed E-state index contributed by atoms with van der Waals surface area (Å²) in [6.07, 6.45) is 4.65. The molecule has 1 saturated carbocycles. The molecule has 1 N–H and O–H groups in total. The topological polar surface area (TPSA) is 44.3 Å². The number of hydrogen-bond acceptors (Lipinski definition) is 7. The number of benzene rings is 1. The Labute approximate surface area is 255 Å². The van der Waals surface area contributed by atoms with Crippen LogP contribution in [0, 0.1) is 12.8 Å². The van der Waals surface area contributed by atoms with E-state index < -0.39 is 9.39 Å². The number of thiazole rings is 1. The average molecular weight is 606 g/mol. The predicted molar refractivity (Wildman–Crippen MR) is 184 cm³/mol. The van der Waals surface area contributed by atoms with Crippen molar-refractivity contribution in [2.75, 3.05) is 18.5 Å². The highest BCUT2D eigenvalue weighted by Gasteiger charge is 2.37. The van der Waals surface area contributed by atoms with Crippen LogP contribution < -0.4 is 9.62 Å². The maximum Gasteiger partial charge on any atom is 0.156 e. The lowest BCUT2D eigenvalue weighted by molar-refractivity contribution is 0.290. The van der Waals surface area contributed by atoms with E-state index in [0.29, 0.717) is 6.04 Å². The minimum atomic E-state index is -1.71. The smallest absolute Gasteiger partial charge is 0.156 e. The summed E-state index contributed by atoms with van der Waals surface area (Å²) in [6, 6.07) is 11.3. The van der Waals surface area contributed by atoms with Crippen LogP contribution in [0.5, 0.6) is 0 Å². The molecule has 0 amide bonds. The lowest BCUT2D eigenvalue weighted by atomic mass is 10.0. The van der Waals surface area contributed by atoms with E-state index in [-0.39, 0.29) is 0 Å². The third-order valence-electron chi connectivity index (χ3n) is 8.09. The monoisotopic (exact) mass is 605 g/mol. The SMILES string of the molecule is C=C(CCC)N(C)c1cccc(Sc2nc(C)c(-c3cc4c(c(S(=C)(=C)NCC)c3)C(=C)N(C(C)C3CC3)C4)s2)n1. The molecule has 0 saturated heterocycles. The van der Waals surface area contributed by atoms with Gasteiger partial charge in [-0.25, -0.2) is 9.97 Å². The Hall–Kier alpha value is -2.52. The summed E-state index contributed by atoms with van der Waals surface area (Å²) in [6.45, 7) is 19.3. The van der Waals surface area contributed by atoms with Crippen molar-refractivity contribution in [3.63, 3.8) is 0 Å². The second kappa shape index (κ2) is 12.0. The molecule has 2 aliphatic rings. The number of hydrogen-bond donors (Lipinski definition) is 1. The van der Waals surface area contributed by atoms with Crippen molar-refractivity contribution in [1.82, 2.24) is 19.6 Å². The van der Waals surface area contributed by atoms with Crippen molar-refractivity contribution in [1.29, 1.82) is 0 Å². The number of fused-ring (bicyclic) bond motifs is 1. The average Bonchev–Trinajstić information content (AvgIpc) is 3.65. The van der Waals surface area contributed by atoms with Gasteiger partial charge in [0, 0.05) is 48.0 Å². The molecule has 2 aromatic heterocycles. The van der Waals surface area contributed by atoms with Crippen LogP contribution in [0.15, 0.2) is 63.4 Å². The first-order chi connectivity index (χ1) is 19.5. The first kappa shape index (κ1) is 30.0. The Bertz CT molecular complexity index is 1580. The van der Waals surface area contributed by atoms with E-state index >= 15 is 0 Å².